The van der Waals surface area contributed by atoms with Gasteiger partial charge in [-0.3, -0.25) is 4.79 Å². The van der Waals surface area contributed by atoms with Crippen molar-refractivity contribution in [2.45, 2.75) is 43.0 Å². The molecule has 0 fully saturated rings. The number of hydrogen-bond acceptors (Lipinski definition) is 3. The van der Waals surface area contributed by atoms with E-state index in [-0.39, 0.29) is 6.61 Å². The Balaban J connectivity index is 3.40. The van der Waals surface area contributed by atoms with Crippen LogP contribution in [-0.4, -0.2) is 54.5 Å². The molecule has 1 aromatic rings. The number of benzene rings is 1. The Morgan fingerprint density at radius 2 is 1.38 bits per heavy atom. The average molecular weight is 493 g/mol. The number of nitrogens with one attached hydrogen (secondary N) is 1. The van der Waals surface area contributed by atoms with E-state index in [9.17, 15) is 62.3 Å². The van der Waals surface area contributed by atoms with E-state index in [4.69, 9.17) is 0 Å². The van der Waals surface area contributed by atoms with Gasteiger partial charge in [-0.25, -0.2) is 13.6 Å². The highest BCUT2D eigenvalue weighted by Crippen LogP contribution is 2.58. The molecule has 0 heterocycles. The van der Waals surface area contributed by atoms with Crippen LogP contribution in [-0.2, 0) is 9.53 Å². The van der Waals surface area contributed by atoms with E-state index >= 15 is 0 Å². The fourth-order valence-electron chi connectivity index (χ4n) is 2.06. The lowest BCUT2D eigenvalue weighted by Gasteiger charge is -2.38. The number of hydrogen-bond donors (Lipinski definition) is 1. The maximum absolute atomic E-state index is 13.9. The summed E-state index contributed by atoms with van der Waals surface area (Å²) in [6, 6.07) is 3.42. The van der Waals surface area contributed by atoms with Gasteiger partial charge < -0.3 is 10.1 Å². The Morgan fingerprint density at radius 1 is 0.875 bits per heavy atom. The SMILES string of the molecule is CCOC(=O)c1ccccc1NC(=O)C(F)(F)C(F)(F)C(F)(F)C(F)(F)C(F)(F)C(F)F. The van der Waals surface area contributed by atoms with Crippen molar-refractivity contribution >= 4 is 17.6 Å². The molecule has 0 spiro atoms. The van der Waals surface area contributed by atoms with Crippen LogP contribution >= 0.6 is 0 Å². The highest BCUT2D eigenvalue weighted by Gasteiger charge is 2.89. The summed E-state index contributed by atoms with van der Waals surface area (Å²) in [5, 5.41) is 0.898. The van der Waals surface area contributed by atoms with Crippen molar-refractivity contribution < 1.29 is 67.0 Å². The summed E-state index contributed by atoms with van der Waals surface area (Å²) in [7, 11) is 0. The molecule has 1 aromatic carbocycles. The predicted octanol–water partition coefficient (Wildman–Crippen LogP) is 5.24. The Bertz CT molecular complexity index is 856. The first-order chi connectivity index (χ1) is 14.3. The van der Waals surface area contributed by atoms with E-state index < -0.39 is 59.2 Å². The second-order valence-corrected chi connectivity index (χ2v) is 5.94. The minimum Gasteiger partial charge on any atom is -0.462 e. The topological polar surface area (TPSA) is 55.4 Å². The summed E-state index contributed by atoms with van der Waals surface area (Å²) >= 11 is 0. The second kappa shape index (κ2) is 8.69. The van der Waals surface area contributed by atoms with E-state index in [1.54, 1.807) is 0 Å². The number of carbonyl (C=O) groups excluding carboxylic acids is 2. The number of alkyl halides is 12. The summed E-state index contributed by atoms with van der Waals surface area (Å²) in [5.74, 6) is -42.0. The molecule has 0 radical (unpaired) electrons. The summed E-state index contributed by atoms with van der Waals surface area (Å²) in [5.41, 5.74) is -1.79. The number of halogens is 12. The lowest BCUT2D eigenvalue weighted by molar-refractivity contribution is -0.406. The van der Waals surface area contributed by atoms with E-state index in [1.165, 1.54) is 6.92 Å². The van der Waals surface area contributed by atoms with Crippen molar-refractivity contribution in [1.29, 1.82) is 0 Å². The molecule has 0 aromatic heterocycles. The number of anilines is 1. The van der Waals surface area contributed by atoms with Gasteiger partial charge in [0.25, 0.3) is 0 Å². The van der Waals surface area contributed by atoms with Crippen molar-refractivity contribution in [3.8, 4) is 0 Å². The molecule has 0 saturated heterocycles. The number of amides is 1. The van der Waals surface area contributed by atoms with Gasteiger partial charge in [0.15, 0.2) is 0 Å². The minimum absolute atomic E-state index is 0.297. The zero-order chi connectivity index (χ0) is 25.3. The molecule has 0 aliphatic heterocycles. The second-order valence-electron chi connectivity index (χ2n) is 5.94. The van der Waals surface area contributed by atoms with Crippen LogP contribution in [0.2, 0.25) is 0 Å². The van der Waals surface area contributed by atoms with E-state index in [1.807, 2.05) is 0 Å². The average Bonchev–Trinajstić information content (AvgIpc) is 2.67. The van der Waals surface area contributed by atoms with Gasteiger partial charge in [0.1, 0.15) is 0 Å². The van der Waals surface area contributed by atoms with Gasteiger partial charge in [-0.05, 0) is 19.1 Å². The van der Waals surface area contributed by atoms with Crippen LogP contribution in [0, 0.1) is 0 Å². The molecule has 0 unspecified atom stereocenters. The Morgan fingerprint density at radius 3 is 1.84 bits per heavy atom. The van der Waals surface area contributed by atoms with Crippen LogP contribution < -0.4 is 5.32 Å². The molecule has 32 heavy (non-hydrogen) atoms. The monoisotopic (exact) mass is 493 g/mol. The van der Waals surface area contributed by atoms with Gasteiger partial charge in [-0.2, -0.15) is 43.9 Å². The van der Waals surface area contributed by atoms with Gasteiger partial charge in [0, 0.05) is 0 Å². The van der Waals surface area contributed by atoms with Crippen LogP contribution in [0.25, 0.3) is 0 Å². The van der Waals surface area contributed by atoms with Crippen LogP contribution in [0.5, 0.6) is 0 Å². The van der Waals surface area contributed by atoms with Crippen LogP contribution in [0.15, 0.2) is 24.3 Å². The predicted molar refractivity (Wildman–Crippen MR) is 81.8 cm³/mol. The zero-order valence-electron chi connectivity index (χ0n) is 15.4. The van der Waals surface area contributed by atoms with Gasteiger partial charge >= 0.3 is 47.9 Å². The normalized spacial score (nSPS) is 13.8. The summed E-state index contributed by atoms with van der Waals surface area (Å²) in [6.07, 6.45) is -5.65. The summed E-state index contributed by atoms with van der Waals surface area (Å²) in [4.78, 5) is 23.2. The number of esters is 1. The van der Waals surface area contributed by atoms with Crippen LogP contribution in [0.1, 0.15) is 17.3 Å². The maximum Gasteiger partial charge on any atom is 0.393 e. The first-order valence-corrected chi connectivity index (χ1v) is 8.05. The Kier molecular flexibility index (Phi) is 7.43. The molecule has 1 amide bonds. The van der Waals surface area contributed by atoms with E-state index in [0.717, 1.165) is 23.5 Å². The molecule has 0 aliphatic rings. The fourth-order valence-corrected chi connectivity index (χ4v) is 2.06. The Labute approximate surface area is 170 Å². The van der Waals surface area contributed by atoms with Crippen molar-refractivity contribution in [2.24, 2.45) is 0 Å². The molecule has 0 saturated carbocycles. The fraction of sp³-hybridized carbons (Fsp3) is 0.500. The zero-order valence-corrected chi connectivity index (χ0v) is 15.4. The highest BCUT2D eigenvalue weighted by atomic mass is 19.4. The van der Waals surface area contributed by atoms with Gasteiger partial charge in [0.05, 0.1) is 17.9 Å². The van der Waals surface area contributed by atoms with Gasteiger partial charge in [0.2, 0.25) is 0 Å². The lowest BCUT2D eigenvalue weighted by atomic mass is 9.94. The lowest BCUT2D eigenvalue weighted by Crippen LogP contribution is -2.70. The molecular formula is C16H11F12NO3. The number of carbonyl (C=O) groups is 2. The first kappa shape index (κ1) is 27.4. The molecule has 182 valence electrons. The number of ether oxygens (including phenoxy) is 1. The highest BCUT2D eigenvalue weighted by molar-refractivity contribution is 6.03. The molecule has 0 aliphatic carbocycles. The van der Waals surface area contributed by atoms with Crippen molar-refractivity contribution in [3.05, 3.63) is 29.8 Å². The molecule has 16 heteroatoms. The standard InChI is InChI=1S/C16H11F12NO3/c1-2-32-9(30)7-5-3-4-6-8(7)29-11(31)13(21,22)15(25,26)16(27,28)14(23,24)12(19,20)10(17)18/h3-6,10H,2H2,1H3,(H,29,31). The molecule has 1 N–H and O–H groups in total. The maximum atomic E-state index is 13.9. The minimum atomic E-state index is -7.85. The quantitative estimate of drug-likeness (QED) is 0.378. The first-order valence-electron chi connectivity index (χ1n) is 8.05. The molecule has 0 atom stereocenters. The smallest absolute Gasteiger partial charge is 0.393 e. The van der Waals surface area contributed by atoms with E-state index in [0.29, 0.717) is 6.07 Å². The summed E-state index contributed by atoms with van der Waals surface area (Å²) < 4.78 is 163. The van der Waals surface area contributed by atoms with Gasteiger partial charge in [-0.1, -0.05) is 12.1 Å². The van der Waals surface area contributed by atoms with Crippen LogP contribution in [0.4, 0.5) is 58.4 Å². The Hall–Kier alpha value is -2.68. The van der Waals surface area contributed by atoms with E-state index in [2.05, 4.69) is 4.74 Å². The molecular weight excluding hydrogens is 482 g/mol. The molecule has 4 nitrogen and oxygen atoms in total. The van der Waals surface area contributed by atoms with Crippen molar-refractivity contribution in [1.82, 2.24) is 0 Å². The third kappa shape index (κ3) is 4.18. The van der Waals surface area contributed by atoms with Gasteiger partial charge in [-0.15, -0.1) is 0 Å². The molecule has 1 rings (SSSR count). The largest absolute Gasteiger partial charge is 0.462 e. The third-order valence-corrected chi connectivity index (χ3v) is 3.83. The molecule has 0 bridgehead atoms. The summed E-state index contributed by atoms with van der Waals surface area (Å²) in [6.45, 7) is 0.986. The third-order valence-electron chi connectivity index (χ3n) is 3.83. The van der Waals surface area contributed by atoms with Crippen LogP contribution in [0.3, 0.4) is 0 Å². The van der Waals surface area contributed by atoms with Crippen molar-refractivity contribution in [3.63, 3.8) is 0 Å². The van der Waals surface area contributed by atoms with Crippen molar-refractivity contribution in [2.75, 3.05) is 11.9 Å². The number of para-hydroxylation sites is 1. The number of rotatable bonds is 9.